The van der Waals surface area contributed by atoms with E-state index in [1.807, 2.05) is 34.0 Å². The Morgan fingerprint density at radius 2 is 1.89 bits per heavy atom. The average Bonchev–Trinajstić information content (AvgIpc) is 3.43. The van der Waals surface area contributed by atoms with Crippen LogP contribution in [0.15, 0.2) is 72.9 Å². The molecule has 1 saturated heterocycles. The fourth-order valence-corrected chi connectivity index (χ4v) is 6.00. The molecule has 5 rings (SSSR count). The van der Waals surface area contributed by atoms with Crippen LogP contribution in [-0.4, -0.2) is 47.0 Å². The molecule has 0 spiro atoms. The molecule has 0 bridgehead atoms. The van der Waals surface area contributed by atoms with E-state index in [9.17, 15) is 9.18 Å². The van der Waals surface area contributed by atoms with Gasteiger partial charge < -0.3 is 15.0 Å². The molecule has 2 amide bonds. The van der Waals surface area contributed by atoms with Crippen LogP contribution in [-0.2, 0) is 11.2 Å². The number of benzene rings is 2. The Balaban J connectivity index is 1.37. The molecule has 2 aliphatic rings. The zero-order valence-electron chi connectivity index (χ0n) is 22.3. The van der Waals surface area contributed by atoms with E-state index < -0.39 is 0 Å². The lowest BCUT2D eigenvalue weighted by Crippen LogP contribution is -2.47. The summed E-state index contributed by atoms with van der Waals surface area (Å²) in [4.78, 5) is 15.0. The zero-order chi connectivity index (χ0) is 26.7. The van der Waals surface area contributed by atoms with Crippen LogP contribution in [0.25, 0.3) is 5.69 Å². The summed E-state index contributed by atoms with van der Waals surface area (Å²) in [6.45, 7) is 11.3. The van der Waals surface area contributed by atoms with Crippen LogP contribution in [0.1, 0.15) is 49.0 Å². The molecule has 3 aromatic rings. The van der Waals surface area contributed by atoms with Crippen molar-refractivity contribution in [2.45, 2.75) is 45.6 Å². The van der Waals surface area contributed by atoms with E-state index in [2.05, 4.69) is 43.0 Å². The van der Waals surface area contributed by atoms with Crippen molar-refractivity contribution in [2.24, 2.45) is 11.3 Å². The van der Waals surface area contributed by atoms with Gasteiger partial charge in [-0.05, 0) is 79.3 Å². The molecule has 0 radical (unpaired) electrons. The second kappa shape index (κ2) is 11.1. The smallest absolute Gasteiger partial charge is 0.318 e. The third kappa shape index (κ3) is 5.39. The van der Waals surface area contributed by atoms with E-state index in [0.29, 0.717) is 32.2 Å². The number of hydrogen-bond donors (Lipinski definition) is 1. The number of halogens is 1. The SMILES string of the molecule is C=C1CC[C@H](CC(NC(=O)N2CCOCC2)c2ccccc2)[C@@]1(C)Cc1cnn(-c2ccc(F)cc2)c1C. The first kappa shape index (κ1) is 26.2. The highest BCUT2D eigenvalue weighted by atomic mass is 19.1. The molecular weight excluding hydrogens is 479 g/mol. The van der Waals surface area contributed by atoms with Crippen LogP contribution in [0, 0.1) is 24.1 Å². The monoisotopic (exact) mass is 516 g/mol. The number of hydrogen-bond acceptors (Lipinski definition) is 3. The van der Waals surface area contributed by atoms with Gasteiger partial charge in [0.05, 0.1) is 31.1 Å². The van der Waals surface area contributed by atoms with Gasteiger partial charge in [-0.3, -0.25) is 0 Å². The number of nitrogens with zero attached hydrogens (tertiary/aromatic N) is 3. The van der Waals surface area contributed by atoms with Crippen LogP contribution < -0.4 is 5.32 Å². The molecule has 1 aromatic heterocycles. The second-order valence-corrected chi connectivity index (χ2v) is 10.8. The zero-order valence-corrected chi connectivity index (χ0v) is 22.3. The third-order valence-electron chi connectivity index (χ3n) is 8.56. The van der Waals surface area contributed by atoms with Crippen LogP contribution in [0.4, 0.5) is 9.18 Å². The fraction of sp³-hybridized carbons (Fsp3) is 0.419. The Labute approximate surface area is 224 Å². The van der Waals surface area contributed by atoms with Crippen molar-refractivity contribution >= 4 is 6.03 Å². The van der Waals surface area contributed by atoms with Gasteiger partial charge in [-0.2, -0.15) is 5.10 Å². The molecule has 1 aliphatic heterocycles. The topological polar surface area (TPSA) is 59.4 Å². The van der Waals surface area contributed by atoms with Gasteiger partial charge in [-0.15, -0.1) is 0 Å². The van der Waals surface area contributed by atoms with Gasteiger partial charge in [0.15, 0.2) is 0 Å². The number of morpholine rings is 1. The van der Waals surface area contributed by atoms with Gasteiger partial charge in [-0.1, -0.05) is 49.4 Å². The van der Waals surface area contributed by atoms with Crippen molar-refractivity contribution in [3.8, 4) is 5.69 Å². The number of urea groups is 1. The first-order valence-electron chi connectivity index (χ1n) is 13.5. The maximum Gasteiger partial charge on any atom is 0.318 e. The first-order chi connectivity index (χ1) is 18.3. The maximum atomic E-state index is 13.5. The Hall–Kier alpha value is -3.45. The van der Waals surface area contributed by atoms with Crippen molar-refractivity contribution in [1.82, 2.24) is 20.0 Å². The Kier molecular flexibility index (Phi) is 7.65. The lowest BCUT2D eigenvalue weighted by atomic mass is 9.70. The van der Waals surface area contributed by atoms with Crippen molar-refractivity contribution < 1.29 is 13.9 Å². The number of ether oxygens (including phenoxy) is 1. The number of carbonyl (C=O) groups is 1. The highest BCUT2D eigenvalue weighted by Crippen LogP contribution is 2.52. The molecule has 1 unspecified atom stereocenters. The summed E-state index contributed by atoms with van der Waals surface area (Å²) < 4.78 is 20.8. The Morgan fingerprint density at radius 3 is 2.61 bits per heavy atom. The second-order valence-electron chi connectivity index (χ2n) is 10.8. The quantitative estimate of drug-likeness (QED) is 0.392. The van der Waals surface area contributed by atoms with Crippen molar-refractivity contribution in [3.63, 3.8) is 0 Å². The number of aromatic nitrogens is 2. The summed E-state index contributed by atoms with van der Waals surface area (Å²) in [6, 6.07) is 16.6. The average molecular weight is 517 g/mol. The standard InChI is InChI=1S/C31H37FN4O2/c1-22-9-10-26(19-29(24-7-5-4-6-8-24)34-30(37)35-15-17-38-18-16-35)31(22,3)20-25-21-33-36(23(25)2)28-13-11-27(32)12-14-28/h4-8,11-14,21,26,29H,1,9-10,15-20H2,2-3H3,(H,34,37)/t26-,29?,31+/m1/s1. The van der Waals surface area contributed by atoms with Crippen LogP contribution in [0.2, 0.25) is 0 Å². The van der Waals surface area contributed by atoms with E-state index in [1.54, 1.807) is 12.1 Å². The first-order valence-corrected chi connectivity index (χ1v) is 13.5. The molecule has 3 atom stereocenters. The normalized spacial score (nSPS) is 22.4. The van der Waals surface area contributed by atoms with Crippen LogP contribution in [0.5, 0.6) is 0 Å². The summed E-state index contributed by atoms with van der Waals surface area (Å²) in [5.74, 6) is 0.0869. The van der Waals surface area contributed by atoms with E-state index in [4.69, 9.17) is 4.74 Å². The van der Waals surface area contributed by atoms with Gasteiger partial charge in [0.25, 0.3) is 0 Å². The van der Waals surface area contributed by atoms with E-state index in [-0.39, 0.29) is 23.3 Å². The minimum absolute atomic E-state index is 0.0305. The van der Waals surface area contributed by atoms with Crippen LogP contribution >= 0.6 is 0 Å². The Morgan fingerprint density at radius 1 is 1.18 bits per heavy atom. The largest absolute Gasteiger partial charge is 0.378 e. The van der Waals surface area contributed by atoms with Gasteiger partial charge in [-0.25, -0.2) is 13.9 Å². The molecule has 2 fully saturated rings. The number of nitrogens with one attached hydrogen (secondary N) is 1. The lowest BCUT2D eigenvalue weighted by Gasteiger charge is -2.36. The molecule has 1 aliphatic carbocycles. The summed E-state index contributed by atoms with van der Waals surface area (Å²) in [6.07, 6.45) is 5.60. The minimum atomic E-state index is -0.259. The number of carbonyl (C=O) groups excluding carboxylic acids is 1. The number of allylic oxidation sites excluding steroid dienone is 1. The third-order valence-corrected chi connectivity index (χ3v) is 8.56. The highest BCUT2D eigenvalue weighted by Gasteiger charge is 2.43. The minimum Gasteiger partial charge on any atom is -0.378 e. The molecule has 7 heteroatoms. The summed E-state index contributed by atoms with van der Waals surface area (Å²) in [5, 5.41) is 7.97. The van der Waals surface area contributed by atoms with Gasteiger partial charge in [0, 0.05) is 18.8 Å². The van der Waals surface area contributed by atoms with E-state index in [0.717, 1.165) is 42.6 Å². The predicted octanol–water partition coefficient (Wildman–Crippen LogP) is 6.01. The molecule has 1 N–H and O–H groups in total. The lowest BCUT2D eigenvalue weighted by molar-refractivity contribution is 0.0520. The fourth-order valence-electron chi connectivity index (χ4n) is 6.00. The molecule has 1 saturated carbocycles. The number of rotatable bonds is 7. The molecule has 38 heavy (non-hydrogen) atoms. The summed E-state index contributed by atoms with van der Waals surface area (Å²) in [5.41, 5.74) is 5.31. The summed E-state index contributed by atoms with van der Waals surface area (Å²) in [7, 11) is 0. The van der Waals surface area contributed by atoms with E-state index in [1.165, 1.54) is 23.3 Å². The summed E-state index contributed by atoms with van der Waals surface area (Å²) >= 11 is 0. The van der Waals surface area contributed by atoms with Crippen molar-refractivity contribution in [1.29, 1.82) is 0 Å². The molecule has 2 heterocycles. The molecular formula is C31H37FN4O2. The molecule has 2 aromatic carbocycles. The van der Waals surface area contributed by atoms with Gasteiger partial charge in [0.2, 0.25) is 0 Å². The maximum absolute atomic E-state index is 13.5. The molecule has 6 nitrogen and oxygen atoms in total. The molecule has 200 valence electrons. The van der Waals surface area contributed by atoms with Crippen LogP contribution in [0.3, 0.4) is 0 Å². The Bertz CT molecular complexity index is 1270. The van der Waals surface area contributed by atoms with Gasteiger partial charge in [0.1, 0.15) is 5.82 Å². The van der Waals surface area contributed by atoms with E-state index >= 15 is 0 Å². The predicted molar refractivity (Wildman–Crippen MR) is 147 cm³/mol. The number of amides is 2. The van der Waals surface area contributed by atoms with Crippen molar-refractivity contribution in [3.05, 3.63) is 95.6 Å². The van der Waals surface area contributed by atoms with Gasteiger partial charge >= 0.3 is 6.03 Å². The highest BCUT2D eigenvalue weighted by molar-refractivity contribution is 5.74. The van der Waals surface area contributed by atoms with Crippen molar-refractivity contribution in [2.75, 3.05) is 26.3 Å².